The minimum Gasteiger partial charge on any atom is -0.497 e. The van der Waals surface area contributed by atoms with E-state index in [0.29, 0.717) is 77.2 Å². The quantitative estimate of drug-likeness (QED) is 0.166. The highest BCUT2D eigenvalue weighted by Crippen LogP contribution is 2.38. The molecule has 1 atom stereocenters. The van der Waals surface area contributed by atoms with E-state index in [9.17, 15) is 32.3 Å². The van der Waals surface area contributed by atoms with Gasteiger partial charge in [0, 0.05) is 103 Å². The number of alkyl halides is 3. The lowest BCUT2D eigenvalue weighted by molar-refractivity contribution is -0.145. The topological polar surface area (TPSA) is 163 Å². The van der Waals surface area contributed by atoms with Crippen molar-refractivity contribution in [3.63, 3.8) is 0 Å². The lowest BCUT2D eigenvalue weighted by Crippen LogP contribution is -2.55. The number of methoxy groups -OCH3 is 1. The Morgan fingerprint density at radius 3 is 2.27 bits per heavy atom. The van der Waals surface area contributed by atoms with E-state index in [-0.39, 0.29) is 60.7 Å². The van der Waals surface area contributed by atoms with E-state index in [0.717, 1.165) is 69.7 Å². The first-order valence-electron chi connectivity index (χ1n) is 22.3. The van der Waals surface area contributed by atoms with Crippen LogP contribution >= 0.6 is 11.6 Å². The molecule has 2 aromatic carbocycles. The number of benzene rings is 2. The number of piperazine rings is 1. The molecular formula is C44H60ClF3N8O8. The third-order valence-electron chi connectivity index (χ3n) is 13.1. The molecule has 0 radical (unpaired) electrons. The largest absolute Gasteiger partial charge is 0.497 e. The van der Waals surface area contributed by atoms with Gasteiger partial charge < -0.3 is 44.7 Å². The van der Waals surface area contributed by atoms with Gasteiger partial charge in [0.1, 0.15) is 5.75 Å². The summed E-state index contributed by atoms with van der Waals surface area (Å²) in [6.07, 6.45) is -3.71. The predicted molar refractivity (Wildman–Crippen MR) is 232 cm³/mol. The summed E-state index contributed by atoms with van der Waals surface area (Å²) in [6, 6.07) is 7.43. The number of urea groups is 1. The van der Waals surface area contributed by atoms with Crippen molar-refractivity contribution in [2.24, 2.45) is 0 Å². The number of anilines is 2. The number of likely N-dealkylation sites (tertiary alicyclic amines) is 2. The van der Waals surface area contributed by atoms with Crippen LogP contribution in [0.5, 0.6) is 5.75 Å². The zero-order valence-corrected chi connectivity index (χ0v) is 37.2. The van der Waals surface area contributed by atoms with Crippen molar-refractivity contribution in [3.8, 4) is 5.75 Å². The van der Waals surface area contributed by atoms with E-state index >= 15 is 0 Å². The molecule has 64 heavy (non-hydrogen) atoms. The lowest BCUT2D eigenvalue weighted by Gasteiger charge is -2.43. The molecule has 0 unspecified atom stereocenters. The number of fused-ring (bicyclic) bond motifs is 1. The molecule has 0 bridgehead atoms. The molecular weight excluding hydrogens is 861 g/mol. The zero-order valence-electron chi connectivity index (χ0n) is 36.4. The molecule has 0 saturated carbocycles. The first-order chi connectivity index (χ1) is 30.7. The molecule has 5 aliphatic rings. The summed E-state index contributed by atoms with van der Waals surface area (Å²) in [6.45, 7) is 9.39. The smallest absolute Gasteiger partial charge is 0.418 e. The van der Waals surface area contributed by atoms with Gasteiger partial charge in [-0.2, -0.15) is 13.2 Å². The number of carbonyl (C=O) groups is 4. The van der Waals surface area contributed by atoms with Crippen LogP contribution in [0, 0.1) is 0 Å². The summed E-state index contributed by atoms with van der Waals surface area (Å²) < 4.78 is 64.1. The van der Waals surface area contributed by atoms with Crippen molar-refractivity contribution >= 4 is 47.0 Å². The summed E-state index contributed by atoms with van der Waals surface area (Å²) >= 11 is 6.17. The molecule has 4 amide bonds. The number of nitrogens with one attached hydrogen (secondary N) is 1. The molecule has 0 aromatic heterocycles. The van der Waals surface area contributed by atoms with Crippen LogP contribution in [0.4, 0.5) is 34.1 Å². The van der Waals surface area contributed by atoms with E-state index in [2.05, 4.69) is 20.0 Å². The zero-order chi connectivity index (χ0) is 45.4. The molecule has 2 aromatic rings. The normalized spacial score (nSPS) is 20.6. The number of rotatable bonds is 13. The first kappa shape index (κ1) is 47.4. The van der Waals surface area contributed by atoms with Crippen LogP contribution in [0.25, 0.3) is 0 Å². The van der Waals surface area contributed by atoms with Crippen LogP contribution < -0.4 is 15.8 Å². The van der Waals surface area contributed by atoms with E-state index in [1.165, 1.54) is 11.0 Å². The van der Waals surface area contributed by atoms with Crippen molar-refractivity contribution < 1.29 is 51.3 Å². The van der Waals surface area contributed by atoms with E-state index < -0.39 is 35.5 Å². The maximum atomic E-state index is 14.2. The minimum atomic E-state index is -4.80. The number of esters is 1. The Balaban J connectivity index is 0.916. The Kier molecular flexibility index (Phi) is 16.0. The molecule has 20 heteroatoms. The molecule has 7 rings (SSSR count). The number of carbonyl (C=O) groups excluding carboxylic acids is 4. The average Bonchev–Trinajstić information content (AvgIpc) is 3.46. The van der Waals surface area contributed by atoms with Crippen LogP contribution in [0.3, 0.4) is 0 Å². The third kappa shape index (κ3) is 12.2. The number of ether oxygens (including phenoxy) is 4. The summed E-state index contributed by atoms with van der Waals surface area (Å²) in [4.78, 5) is 65.5. The second-order valence-corrected chi connectivity index (χ2v) is 17.5. The SMILES string of the molecule is COc1ccc2c(c1)CCN(C1CCN(C(=O)O[C@H](Cc3cc(Cl)c(N)c(C(F)(F)F)c3)C(=O)N3CCC(N4CCN(CC(=O)OCCCN5CCOCC5)CC4)CC3)CC1)C(=O)N2. The van der Waals surface area contributed by atoms with Crippen molar-refractivity contribution in [2.45, 2.75) is 69.3 Å². The number of amides is 4. The Hall–Kier alpha value is -4.56. The van der Waals surface area contributed by atoms with Crippen LogP contribution in [-0.2, 0) is 42.8 Å². The lowest BCUT2D eigenvalue weighted by atomic mass is 9.99. The molecule has 16 nitrogen and oxygen atoms in total. The van der Waals surface area contributed by atoms with E-state index in [1.54, 1.807) is 23.0 Å². The van der Waals surface area contributed by atoms with E-state index in [4.69, 9.17) is 36.3 Å². The maximum absolute atomic E-state index is 14.2. The molecule has 0 aliphatic carbocycles. The second kappa shape index (κ2) is 21.6. The summed E-state index contributed by atoms with van der Waals surface area (Å²) in [5.74, 6) is -0.0366. The Labute approximate surface area is 376 Å². The molecule has 5 heterocycles. The number of halogens is 4. The number of nitrogens with zero attached hydrogens (tertiary/aromatic N) is 6. The van der Waals surface area contributed by atoms with Gasteiger partial charge in [0.25, 0.3) is 5.91 Å². The second-order valence-electron chi connectivity index (χ2n) is 17.1. The van der Waals surface area contributed by atoms with Gasteiger partial charge in [-0.1, -0.05) is 11.6 Å². The van der Waals surface area contributed by atoms with Gasteiger partial charge >= 0.3 is 24.3 Å². The molecule has 4 saturated heterocycles. The highest BCUT2D eigenvalue weighted by atomic mass is 35.5. The molecule has 0 spiro atoms. The Morgan fingerprint density at radius 2 is 1.58 bits per heavy atom. The predicted octanol–water partition coefficient (Wildman–Crippen LogP) is 4.43. The first-order valence-corrected chi connectivity index (χ1v) is 22.7. The Morgan fingerprint density at radius 1 is 0.891 bits per heavy atom. The highest BCUT2D eigenvalue weighted by molar-refractivity contribution is 6.33. The summed E-state index contributed by atoms with van der Waals surface area (Å²) in [5.41, 5.74) is 5.67. The Bertz CT molecular complexity index is 1950. The van der Waals surface area contributed by atoms with Gasteiger partial charge in [0.15, 0.2) is 6.10 Å². The standard InChI is InChI=1S/C44H60ClF3N8O8/c1-61-34-3-4-37-31(28-34)5-15-56(42(59)50-37)33-8-13-55(14-9-33)43(60)64-38(27-30-25-35(44(46,47)48)40(49)36(45)26-30)41(58)54-11-6-32(7-12-54)53-18-16-52(17-19-53)29-39(57)63-22-2-10-51-20-23-62-24-21-51/h3-4,25-26,28,32-33,38H,2,5-24,27,29,49H2,1H3,(H,50,59)/t38-/m1/s1. The van der Waals surface area contributed by atoms with Crippen LogP contribution in [-0.4, -0.2) is 184 Å². The van der Waals surface area contributed by atoms with Gasteiger partial charge in [-0.05, 0) is 80.0 Å². The minimum absolute atomic E-state index is 0.0480. The number of nitrogen functional groups attached to an aromatic ring is 1. The van der Waals surface area contributed by atoms with E-state index in [1.807, 2.05) is 12.1 Å². The summed E-state index contributed by atoms with van der Waals surface area (Å²) in [7, 11) is 1.59. The monoisotopic (exact) mass is 920 g/mol. The number of nitrogens with two attached hydrogens (primary N) is 1. The molecule has 3 N–H and O–H groups in total. The van der Waals surface area contributed by atoms with Gasteiger partial charge in [0.2, 0.25) is 0 Å². The number of morpholine rings is 1. The van der Waals surface area contributed by atoms with Crippen molar-refractivity contribution in [3.05, 3.63) is 52.0 Å². The highest BCUT2D eigenvalue weighted by Gasteiger charge is 2.39. The van der Waals surface area contributed by atoms with Crippen LogP contribution in [0.15, 0.2) is 30.3 Å². The van der Waals surface area contributed by atoms with Crippen molar-refractivity contribution in [1.29, 1.82) is 0 Å². The maximum Gasteiger partial charge on any atom is 0.418 e. The fourth-order valence-corrected chi connectivity index (χ4v) is 9.59. The van der Waals surface area contributed by atoms with Gasteiger partial charge in [-0.25, -0.2) is 9.59 Å². The van der Waals surface area contributed by atoms with Gasteiger partial charge in [-0.3, -0.25) is 24.3 Å². The number of piperidine rings is 2. The van der Waals surface area contributed by atoms with Crippen molar-refractivity contribution in [1.82, 2.24) is 29.4 Å². The third-order valence-corrected chi connectivity index (χ3v) is 13.4. The van der Waals surface area contributed by atoms with Gasteiger partial charge in [0.05, 0.1) is 49.7 Å². The molecule has 352 valence electrons. The molecule has 4 fully saturated rings. The summed E-state index contributed by atoms with van der Waals surface area (Å²) in [5, 5.41) is 2.67. The van der Waals surface area contributed by atoms with Gasteiger partial charge in [-0.15, -0.1) is 0 Å². The van der Waals surface area contributed by atoms with Crippen molar-refractivity contribution in [2.75, 3.05) is 123 Å². The van der Waals surface area contributed by atoms with Crippen LogP contribution in [0.2, 0.25) is 5.02 Å². The fraction of sp³-hybridized carbons (Fsp3) is 0.636. The fourth-order valence-electron chi connectivity index (χ4n) is 9.35. The number of hydrogen-bond acceptors (Lipinski definition) is 12. The number of hydrogen-bond donors (Lipinski definition) is 2. The van der Waals surface area contributed by atoms with Crippen LogP contribution in [0.1, 0.15) is 48.8 Å². The molecule has 5 aliphatic heterocycles. The average molecular weight is 921 g/mol.